The summed E-state index contributed by atoms with van der Waals surface area (Å²) in [5.41, 5.74) is 0. The Bertz CT molecular complexity index is 386. The van der Waals surface area contributed by atoms with Crippen molar-refractivity contribution in [3.05, 3.63) is 11.9 Å². The van der Waals surface area contributed by atoms with Crippen LogP contribution in [0.15, 0.2) is 6.07 Å². The third-order valence-electron chi connectivity index (χ3n) is 3.58. The molecule has 1 aliphatic rings. The molecule has 1 atom stereocenters. The van der Waals surface area contributed by atoms with Gasteiger partial charge in [-0.15, -0.1) is 0 Å². The highest BCUT2D eigenvalue weighted by atomic mass is 16.5. The third kappa shape index (κ3) is 3.56. The van der Waals surface area contributed by atoms with E-state index in [1.165, 1.54) is 12.8 Å². The molecule has 1 aliphatic heterocycles. The van der Waals surface area contributed by atoms with Crippen molar-refractivity contribution in [2.24, 2.45) is 5.92 Å². The van der Waals surface area contributed by atoms with Gasteiger partial charge in [0, 0.05) is 39.7 Å². The molecule has 0 bridgehead atoms. The lowest BCUT2D eigenvalue weighted by Crippen LogP contribution is -2.37. The van der Waals surface area contributed by atoms with Gasteiger partial charge in [-0.1, -0.05) is 6.92 Å². The minimum atomic E-state index is 0.608. The van der Waals surface area contributed by atoms with Crippen LogP contribution in [0, 0.1) is 5.92 Å². The number of aromatic nitrogens is 2. The number of anilines is 2. The third-order valence-corrected chi connectivity index (χ3v) is 3.58. The minimum absolute atomic E-state index is 0.608. The molecule has 0 radical (unpaired) electrons. The van der Waals surface area contributed by atoms with Gasteiger partial charge < -0.3 is 15.0 Å². The fraction of sp³-hybridized carbons (Fsp3) is 0.714. The SMILES string of the molecule is CCc1nc(NC)cc(N2CCCC(COC)C2)n1. The van der Waals surface area contributed by atoms with E-state index in [-0.39, 0.29) is 0 Å². The van der Waals surface area contributed by atoms with Crippen molar-refractivity contribution >= 4 is 11.6 Å². The maximum atomic E-state index is 5.28. The zero-order valence-corrected chi connectivity index (χ0v) is 12.1. The zero-order valence-electron chi connectivity index (χ0n) is 12.1. The molecule has 106 valence electrons. The van der Waals surface area contributed by atoms with E-state index in [2.05, 4.69) is 27.1 Å². The van der Waals surface area contributed by atoms with Crippen LogP contribution in [0.4, 0.5) is 11.6 Å². The molecule has 1 aromatic rings. The molecule has 1 fully saturated rings. The molecule has 5 nitrogen and oxygen atoms in total. The van der Waals surface area contributed by atoms with Crippen LogP contribution >= 0.6 is 0 Å². The van der Waals surface area contributed by atoms with E-state index in [4.69, 9.17) is 4.74 Å². The lowest BCUT2D eigenvalue weighted by molar-refractivity contribution is 0.143. The Labute approximate surface area is 115 Å². The summed E-state index contributed by atoms with van der Waals surface area (Å²) < 4.78 is 5.28. The summed E-state index contributed by atoms with van der Waals surface area (Å²) in [6, 6.07) is 2.04. The largest absolute Gasteiger partial charge is 0.384 e. The second-order valence-corrected chi connectivity index (χ2v) is 5.04. The van der Waals surface area contributed by atoms with Gasteiger partial charge in [0.1, 0.15) is 17.5 Å². The summed E-state index contributed by atoms with van der Waals surface area (Å²) in [6.07, 6.45) is 3.31. The molecule has 0 aromatic carbocycles. The van der Waals surface area contributed by atoms with Crippen molar-refractivity contribution in [2.45, 2.75) is 26.2 Å². The summed E-state index contributed by atoms with van der Waals surface area (Å²) >= 11 is 0. The first-order valence-electron chi connectivity index (χ1n) is 7.06. The van der Waals surface area contributed by atoms with Crippen LogP contribution in [0.25, 0.3) is 0 Å². The van der Waals surface area contributed by atoms with Crippen LogP contribution in [0.2, 0.25) is 0 Å². The lowest BCUT2D eigenvalue weighted by atomic mass is 9.99. The number of nitrogens with zero attached hydrogens (tertiary/aromatic N) is 3. The zero-order chi connectivity index (χ0) is 13.7. The first-order chi connectivity index (χ1) is 9.26. The molecular weight excluding hydrogens is 240 g/mol. The maximum absolute atomic E-state index is 5.28. The maximum Gasteiger partial charge on any atom is 0.134 e. The monoisotopic (exact) mass is 264 g/mol. The molecule has 1 N–H and O–H groups in total. The fourth-order valence-electron chi connectivity index (χ4n) is 2.58. The molecule has 19 heavy (non-hydrogen) atoms. The van der Waals surface area contributed by atoms with E-state index in [1.807, 2.05) is 13.1 Å². The van der Waals surface area contributed by atoms with Gasteiger partial charge in [0.05, 0.1) is 6.61 Å². The summed E-state index contributed by atoms with van der Waals surface area (Å²) in [4.78, 5) is 11.5. The van der Waals surface area contributed by atoms with Crippen molar-refractivity contribution < 1.29 is 4.74 Å². The predicted molar refractivity (Wildman–Crippen MR) is 77.8 cm³/mol. The van der Waals surface area contributed by atoms with Gasteiger partial charge in [0.2, 0.25) is 0 Å². The van der Waals surface area contributed by atoms with Gasteiger partial charge in [-0.05, 0) is 18.8 Å². The van der Waals surface area contributed by atoms with E-state index in [0.717, 1.165) is 43.6 Å². The Balaban J connectivity index is 2.15. The topological polar surface area (TPSA) is 50.3 Å². The van der Waals surface area contributed by atoms with Gasteiger partial charge in [-0.25, -0.2) is 9.97 Å². The molecule has 0 aliphatic carbocycles. The number of nitrogens with one attached hydrogen (secondary N) is 1. The van der Waals surface area contributed by atoms with Gasteiger partial charge >= 0.3 is 0 Å². The minimum Gasteiger partial charge on any atom is -0.384 e. The number of hydrogen-bond acceptors (Lipinski definition) is 5. The first-order valence-corrected chi connectivity index (χ1v) is 7.06. The Morgan fingerprint density at radius 2 is 2.32 bits per heavy atom. The lowest BCUT2D eigenvalue weighted by Gasteiger charge is -2.33. The second kappa shape index (κ2) is 6.70. The quantitative estimate of drug-likeness (QED) is 0.881. The summed E-state index contributed by atoms with van der Waals surface area (Å²) in [6.45, 7) is 5.02. The second-order valence-electron chi connectivity index (χ2n) is 5.04. The molecule has 1 saturated heterocycles. The molecule has 2 rings (SSSR count). The van der Waals surface area contributed by atoms with Crippen molar-refractivity contribution in [2.75, 3.05) is 44.1 Å². The van der Waals surface area contributed by atoms with Crippen molar-refractivity contribution in [1.29, 1.82) is 0 Å². The number of piperidine rings is 1. The molecule has 2 heterocycles. The number of hydrogen-bond donors (Lipinski definition) is 1. The Hall–Kier alpha value is -1.36. The Morgan fingerprint density at radius 1 is 1.47 bits per heavy atom. The number of rotatable bonds is 5. The van der Waals surface area contributed by atoms with Crippen LogP contribution < -0.4 is 10.2 Å². The summed E-state index contributed by atoms with van der Waals surface area (Å²) in [5, 5.41) is 3.12. The number of methoxy groups -OCH3 is 1. The summed E-state index contributed by atoms with van der Waals surface area (Å²) in [7, 11) is 3.67. The van der Waals surface area contributed by atoms with E-state index >= 15 is 0 Å². The first kappa shape index (κ1) is 14.1. The molecular formula is C14H24N4O. The van der Waals surface area contributed by atoms with E-state index in [9.17, 15) is 0 Å². The van der Waals surface area contributed by atoms with E-state index < -0.39 is 0 Å². The highest BCUT2D eigenvalue weighted by Gasteiger charge is 2.21. The smallest absolute Gasteiger partial charge is 0.134 e. The van der Waals surface area contributed by atoms with Crippen LogP contribution in [-0.2, 0) is 11.2 Å². The molecule has 1 aromatic heterocycles. The number of ether oxygens (including phenoxy) is 1. The van der Waals surface area contributed by atoms with Crippen molar-refractivity contribution in [3.8, 4) is 0 Å². The highest BCUT2D eigenvalue weighted by Crippen LogP contribution is 2.23. The van der Waals surface area contributed by atoms with Crippen LogP contribution in [0.1, 0.15) is 25.6 Å². The molecule has 1 unspecified atom stereocenters. The normalized spacial score (nSPS) is 19.5. The molecule has 5 heteroatoms. The van der Waals surface area contributed by atoms with Gasteiger partial charge in [-0.2, -0.15) is 0 Å². The predicted octanol–water partition coefficient (Wildman–Crippen LogP) is 1.94. The molecule has 0 amide bonds. The van der Waals surface area contributed by atoms with Gasteiger partial charge in [-0.3, -0.25) is 0 Å². The van der Waals surface area contributed by atoms with E-state index in [1.54, 1.807) is 7.11 Å². The molecule has 0 spiro atoms. The van der Waals surface area contributed by atoms with Crippen LogP contribution in [-0.4, -0.2) is 43.8 Å². The van der Waals surface area contributed by atoms with Gasteiger partial charge in [0.25, 0.3) is 0 Å². The fourth-order valence-corrected chi connectivity index (χ4v) is 2.58. The van der Waals surface area contributed by atoms with Crippen molar-refractivity contribution in [3.63, 3.8) is 0 Å². The standard InChI is InChI=1S/C14H24N4O/c1-4-12-16-13(15-2)8-14(17-12)18-7-5-6-11(9-18)10-19-3/h8,11H,4-7,9-10H2,1-3H3,(H,15,16,17). The highest BCUT2D eigenvalue weighted by molar-refractivity contribution is 5.49. The van der Waals surface area contributed by atoms with Crippen LogP contribution in [0.3, 0.4) is 0 Å². The van der Waals surface area contributed by atoms with E-state index in [0.29, 0.717) is 5.92 Å². The van der Waals surface area contributed by atoms with Crippen LogP contribution in [0.5, 0.6) is 0 Å². The average molecular weight is 264 g/mol. The van der Waals surface area contributed by atoms with Crippen molar-refractivity contribution in [1.82, 2.24) is 9.97 Å². The summed E-state index contributed by atoms with van der Waals surface area (Å²) in [5.74, 6) is 3.44. The Kier molecular flexibility index (Phi) is 4.96. The average Bonchev–Trinajstić information content (AvgIpc) is 2.47. The number of aryl methyl sites for hydroxylation is 1. The van der Waals surface area contributed by atoms with Gasteiger partial charge in [0.15, 0.2) is 0 Å². The Morgan fingerprint density at radius 3 is 3.00 bits per heavy atom. The molecule has 0 saturated carbocycles.